The molecule has 2 heterocycles. The molecule has 0 bridgehead atoms. The average molecular weight is 489 g/mol. The molecule has 1 aliphatic heterocycles. The first-order chi connectivity index (χ1) is 15.8. The number of hydrogen-bond donors (Lipinski definition) is 1. The maximum Gasteiger partial charge on any atom is 0.244 e. The predicted octanol–water partition coefficient (Wildman–Crippen LogP) is 3.50. The Bertz CT molecular complexity index is 1130. The van der Waals surface area contributed by atoms with Crippen molar-refractivity contribution in [1.82, 2.24) is 9.29 Å². The fourth-order valence-corrected chi connectivity index (χ4v) is 6.49. The third-order valence-electron chi connectivity index (χ3n) is 6.16. The smallest absolute Gasteiger partial charge is 0.244 e. The Morgan fingerprint density at radius 3 is 2.61 bits per heavy atom. The number of amides is 2. The van der Waals surface area contributed by atoms with Crippen LogP contribution < -0.4 is 10.2 Å². The number of carbonyl (C=O) groups is 2. The summed E-state index contributed by atoms with van der Waals surface area (Å²) in [6.07, 6.45) is 6.38. The number of rotatable bonds is 6. The molecule has 1 N–H and O–H groups in total. The average Bonchev–Trinajstić information content (AvgIpc) is 2.83. The van der Waals surface area contributed by atoms with Crippen LogP contribution >= 0.6 is 11.8 Å². The van der Waals surface area contributed by atoms with Gasteiger partial charge in [-0.1, -0.05) is 43.2 Å². The highest BCUT2D eigenvalue weighted by molar-refractivity contribution is 8.00. The van der Waals surface area contributed by atoms with E-state index in [9.17, 15) is 18.0 Å². The Balaban J connectivity index is 1.45. The lowest BCUT2D eigenvalue weighted by Crippen LogP contribution is -2.45. The molecule has 1 atom stereocenters. The number of anilines is 2. The number of hydrogen-bond acceptors (Lipinski definition) is 6. The molecule has 1 unspecified atom stereocenters. The Hall–Kier alpha value is -2.43. The minimum absolute atomic E-state index is 0.0278. The summed E-state index contributed by atoms with van der Waals surface area (Å²) >= 11 is 1.23. The quantitative estimate of drug-likeness (QED) is 0.625. The summed E-state index contributed by atoms with van der Waals surface area (Å²) in [5, 5.41) is 2.81. The number of para-hydroxylation sites is 2. The van der Waals surface area contributed by atoms with Gasteiger partial charge in [-0.05, 0) is 44.0 Å². The summed E-state index contributed by atoms with van der Waals surface area (Å²) in [6.45, 7) is 1.71. The van der Waals surface area contributed by atoms with Crippen molar-refractivity contribution in [2.75, 3.05) is 23.8 Å². The first kappa shape index (κ1) is 23.7. The molecule has 4 rings (SSSR count). The van der Waals surface area contributed by atoms with Crippen LogP contribution in [0.2, 0.25) is 0 Å². The summed E-state index contributed by atoms with van der Waals surface area (Å²) in [6, 6.07) is 10.4. The molecule has 176 valence electrons. The maximum absolute atomic E-state index is 13.1. The zero-order valence-electron chi connectivity index (χ0n) is 18.7. The van der Waals surface area contributed by atoms with Crippen molar-refractivity contribution in [3.05, 3.63) is 42.6 Å². The van der Waals surface area contributed by atoms with E-state index >= 15 is 0 Å². The normalized spacial score (nSPS) is 18.0. The van der Waals surface area contributed by atoms with Crippen LogP contribution in [0.25, 0.3) is 0 Å². The van der Waals surface area contributed by atoms with Gasteiger partial charge < -0.3 is 5.32 Å². The molecule has 1 aromatic heterocycles. The van der Waals surface area contributed by atoms with Gasteiger partial charge in [-0.25, -0.2) is 13.4 Å². The van der Waals surface area contributed by atoms with E-state index in [1.807, 2.05) is 6.07 Å². The highest BCUT2D eigenvalue weighted by Gasteiger charge is 2.31. The number of sulfonamides is 1. The third kappa shape index (κ3) is 5.07. The van der Waals surface area contributed by atoms with Crippen molar-refractivity contribution < 1.29 is 18.0 Å². The molecule has 2 amide bonds. The summed E-state index contributed by atoms with van der Waals surface area (Å²) in [7, 11) is -1.97. The van der Waals surface area contributed by atoms with Gasteiger partial charge in [0, 0.05) is 19.3 Å². The van der Waals surface area contributed by atoms with Crippen LogP contribution in [0.1, 0.15) is 39.0 Å². The molecule has 1 aliphatic carbocycles. The van der Waals surface area contributed by atoms with Gasteiger partial charge in [0.15, 0.2) is 0 Å². The van der Waals surface area contributed by atoms with E-state index in [1.165, 1.54) is 27.2 Å². The molecule has 1 fully saturated rings. The first-order valence-electron chi connectivity index (χ1n) is 11.1. The Labute approximate surface area is 198 Å². The van der Waals surface area contributed by atoms with Crippen LogP contribution in [0.3, 0.4) is 0 Å². The van der Waals surface area contributed by atoms with E-state index in [1.54, 1.807) is 44.3 Å². The molecule has 0 saturated heterocycles. The van der Waals surface area contributed by atoms with Crippen LogP contribution in [0.4, 0.5) is 11.4 Å². The van der Waals surface area contributed by atoms with E-state index in [2.05, 4.69) is 10.3 Å². The van der Waals surface area contributed by atoms with Crippen LogP contribution in [0.15, 0.2) is 52.5 Å². The van der Waals surface area contributed by atoms with Crippen LogP contribution in [-0.2, 0) is 19.6 Å². The number of aromatic nitrogens is 1. The number of nitrogens with zero attached hydrogens (tertiary/aromatic N) is 3. The van der Waals surface area contributed by atoms with Gasteiger partial charge >= 0.3 is 0 Å². The second-order valence-corrected chi connectivity index (χ2v) is 11.8. The van der Waals surface area contributed by atoms with Gasteiger partial charge in [0.1, 0.15) is 11.4 Å². The number of carbonyl (C=O) groups excluding carboxylic acids is 2. The number of fused-ring (bicyclic) bond motifs is 1. The van der Waals surface area contributed by atoms with Gasteiger partial charge in [0.2, 0.25) is 21.8 Å². The van der Waals surface area contributed by atoms with E-state index in [0.717, 1.165) is 32.1 Å². The van der Waals surface area contributed by atoms with Gasteiger partial charge in [0.05, 0.1) is 21.7 Å². The maximum atomic E-state index is 13.1. The predicted molar refractivity (Wildman–Crippen MR) is 129 cm³/mol. The van der Waals surface area contributed by atoms with Crippen molar-refractivity contribution in [2.24, 2.45) is 0 Å². The fourth-order valence-electron chi connectivity index (χ4n) is 4.28. The van der Waals surface area contributed by atoms with Gasteiger partial charge in [-0.2, -0.15) is 4.31 Å². The van der Waals surface area contributed by atoms with E-state index in [4.69, 9.17) is 0 Å². The Morgan fingerprint density at radius 1 is 1.18 bits per heavy atom. The number of benzene rings is 1. The second-order valence-electron chi connectivity index (χ2n) is 8.40. The zero-order chi connectivity index (χ0) is 23.6. The van der Waals surface area contributed by atoms with E-state index < -0.39 is 15.3 Å². The topological polar surface area (TPSA) is 99.7 Å². The molecule has 33 heavy (non-hydrogen) atoms. The molecule has 2 aromatic rings. The number of thioether (sulfide) groups is 1. The van der Waals surface area contributed by atoms with E-state index in [0.29, 0.717) is 16.4 Å². The third-order valence-corrected chi connectivity index (χ3v) is 9.09. The van der Waals surface area contributed by atoms with Gasteiger partial charge in [-0.15, -0.1) is 0 Å². The minimum Gasteiger partial charge on any atom is -0.323 e. The molecule has 0 spiro atoms. The number of pyridine rings is 1. The van der Waals surface area contributed by atoms with E-state index in [-0.39, 0.29) is 29.3 Å². The molecule has 8 nitrogen and oxygen atoms in total. The van der Waals surface area contributed by atoms with Crippen molar-refractivity contribution in [3.63, 3.8) is 0 Å². The molecule has 2 aliphatic rings. The highest BCUT2D eigenvalue weighted by Crippen LogP contribution is 2.32. The molecule has 10 heteroatoms. The minimum atomic E-state index is -3.61. The van der Waals surface area contributed by atoms with Gasteiger partial charge in [0.25, 0.3) is 0 Å². The highest BCUT2D eigenvalue weighted by atomic mass is 32.2. The second kappa shape index (κ2) is 9.82. The summed E-state index contributed by atoms with van der Waals surface area (Å²) < 4.78 is 27.5. The van der Waals surface area contributed by atoms with Crippen LogP contribution in [0.5, 0.6) is 0 Å². The summed E-state index contributed by atoms with van der Waals surface area (Å²) in [5.74, 6) is -0.452. The first-order valence-corrected chi connectivity index (χ1v) is 13.4. The zero-order valence-corrected chi connectivity index (χ0v) is 20.4. The van der Waals surface area contributed by atoms with Gasteiger partial charge in [-0.3, -0.25) is 14.5 Å². The molecular weight excluding hydrogens is 460 g/mol. The van der Waals surface area contributed by atoms with Crippen LogP contribution in [-0.4, -0.2) is 54.4 Å². The Morgan fingerprint density at radius 2 is 1.91 bits per heavy atom. The fraction of sp³-hybridized carbons (Fsp3) is 0.435. The molecule has 0 radical (unpaired) electrons. The lowest BCUT2D eigenvalue weighted by atomic mass is 9.96. The summed E-state index contributed by atoms with van der Waals surface area (Å²) in [4.78, 5) is 31.1. The molecular formula is C23H28N4O4S2. The molecule has 1 saturated carbocycles. The SMILES string of the molecule is CC(Sc1ccc(S(=O)(=O)N(C)C2CCCCC2)cn1)C(=O)N1CC(=O)Nc2ccccc21. The largest absolute Gasteiger partial charge is 0.323 e. The monoisotopic (exact) mass is 488 g/mol. The van der Waals surface area contributed by atoms with Crippen LogP contribution in [0, 0.1) is 0 Å². The Kier molecular flexibility index (Phi) is 7.06. The summed E-state index contributed by atoms with van der Waals surface area (Å²) in [5.41, 5.74) is 1.27. The lowest BCUT2D eigenvalue weighted by molar-refractivity contribution is -0.121. The molecule has 1 aromatic carbocycles. The lowest BCUT2D eigenvalue weighted by Gasteiger charge is -2.31. The van der Waals surface area contributed by atoms with Crippen molar-refractivity contribution in [2.45, 2.75) is 60.2 Å². The standard InChI is InChI=1S/C23H28N4O4S2/c1-16(23(29)27-15-21(28)25-19-10-6-7-11-20(19)27)32-22-13-12-18(14-24-22)33(30,31)26(2)17-8-4-3-5-9-17/h6-7,10-14,16-17H,3-5,8-9,15H2,1-2H3,(H,25,28). The van der Waals surface area contributed by atoms with Crippen molar-refractivity contribution in [3.8, 4) is 0 Å². The number of nitrogens with one attached hydrogen (secondary N) is 1. The van der Waals surface area contributed by atoms with Crippen molar-refractivity contribution >= 4 is 45.0 Å². The van der Waals surface area contributed by atoms with Crippen molar-refractivity contribution in [1.29, 1.82) is 0 Å².